The van der Waals surface area contributed by atoms with Crippen molar-refractivity contribution in [3.05, 3.63) is 65.7 Å². The Morgan fingerprint density at radius 2 is 1.70 bits per heavy atom. The maximum Gasteiger partial charge on any atom is 0.206 e. The summed E-state index contributed by atoms with van der Waals surface area (Å²) in [7, 11) is 0. The molecule has 0 aliphatic carbocycles. The van der Waals surface area contributed by atoms with Gasteiger partial charge in [0.1, 0.15) is 5.01 Å². The van der Waals surface area contributed by atoms with Gasteiger partial charge in [0, 0.05) is 12.1 Å². The fourth-order valence-corrected chi connectivity index (χ4v) is 2.62. The van der Waals surface area contributed by atoms with Gasteiger partial charge in [0.05, 0.1) is 0 Å². The predicted octanol–water partition coefficient (Wildman–Crippen LogP) is 4.13. The maximum atomic E-state index is 4.22. The molecular formula is C16H15N3S. The maximum absolute atomic E-state index is 4.22. The van der Waals surface area contributed by atoms with Crippen molar-refractivity contribution in [2.24, 2.45) is 0 Å². The normalized spacial score (nSPS) is 10.4. The van der Waals surface area contributed by atoms with E-state index in [-0.39, 0.29) is 0 Å². The Morgan fingerprint density at radius 3 is 2.45 bits per heavy atom. The van der Waals surface area contributed by atoms with Crippen LogP contribution < -0.4 is 5.32 Å². The Kier molecular flexibility index (Phi) is 3.74. The number of anilines is 1. The summed E-state index contributed by atoms with van der Waals surface area (Å²) < 4.78 is 0. The number of hydrogen-bond acceptors (Lipinski definition) is 4. The van der Waals surface area contributed by atoms with Crippen LogP contribution in [0.4, 0.5) is 5.13 Å². The lowest BCUT2D eigenvalue weighted by molar-refractivity contribution is 1.05. The summed E-state index contributed by atoms with van der Waals surface area (Å²) in [6.45, 7) is 2.86. The minimum atomic E-state index is 0.768. The fraction of sp³-hybridized carbons (Fsp3) is 0.125. The van der Waals surface area contributed by atoms with Gasteiger partial charge in [-0.1, -0.05) is 71.5 Å². The molecule has 0 aliphatic rings. The van der Waals surface area contributed by atoms with Crippen molar-refractivity contribution in [3.8, 4) is 10.6 Å². The highest BCUT2D eigenvalue weighted by atomic mass is 32.1. The third kappa shape index (κ3) is 3.03. The monoisotopic (exact) mass is 281 g/mol. The van der Waals surface area contributed by atoms with Crippen molar-refractivity contribution < 1.29 is 0 Å². The van der Waals surface area contributed by atoms with Crippen LogP contribution in [0.25, 0.3) is 10.6 Å². The molecule has 0 saturated heterocycles. The molecule has 0 fully saturated rings. The van der Waals surface area contributed by atoms with Gasteiger partial charge in [-0.3, -0.25) is 0 Å². The van der Waals surface area contributed by atoms with Crippen molar-refractivity contribution in [1.82, 2.24) is 10.2 Å². The zero-order chi connectivity index (χ0) is 13.8. The van der Waals surface area contributed by atoms with Gasteiger partial charge in [-0.25, -0.2) is 0 Å². The van der Waals surface area contributed by atoms with Crippen LogP contribution in [0.3, 0.4) is 0 Å². The Labute approximate surface area is 122 Å². The molecule has 20 heavy (non-hydrogen) atoms. The Morgan fingerprint density at radius 1 is 0.950 bits per heavy atom. The third-order valence-corrected chi connectivity index (χ3v) is 3.94. The molecule has 0 saturated carbocycles. The lowest BCUT2D eigenvalue weighted by atomic mass is 10.1. The van der Waals surface area contributed by atoms with Crippen molar-refractivity contribution in [2.45, 2.75) is 13.5 Å². The van der Waals surface area contributed by atoms with Crippen LogP contribution >= 0.6 is 11.3 Å². The molecule has 0 amide bonds. The molecule has 4 heteroatoms. The summed E-state index contributed by atoms with van der Waals surface area (Å²) in [4.78, 5) is 0. The van der Waals surface area contributed by atoms with E-state index >= 15 is 0 Å². The molecule has 0 spiro atoms. The van der Waals surface area contributed by atoms with E-state index in [1.165, 1.54) is 11.1 Å². The number of nitrogens with zero attached hydrogens (tertiary/aromatic N) is 2. The quantitative estimate of drug-likeness (QED) is 0.781. The minimum absolute atomic E-state index is 0.768. The van der Waals surface area contributed by atoms with Crippen LogP contribution in [0.2, 0.25) is 0 Å². The molecule has 3 rings (SSSR count). The van der Waals surface area contributed by atoms with Crippen LogP contribution in [0.15, 0.2) is 54.6 Å². The van der Waals surface area contributed by atoms with Crippen molar-refractivity contribution in [2.75, 3.05) is 5.32 Å². The lowest BCUT2D eigenvalue weighted by Crippen LogP contribution is -1.98. The summed E-state index contributed by atoms with van der Waals surface area (Å²) in [5.74, 6) is 0. The highest BCUT2D eigenvalue weighted by Gasteiger charge is 2.05. The molecule has 0 radical (unpaired) electrons. The number of hydrogen-bond donors (Lipinski definition) is 1. The molecule has 2 aromatic carbocycles. The van der Waals surface area contributed by atoms with Crippen molar-refractivity contribution >= 4 is 16.5 Å². The fourth-order valence-electron chi connectivity index (χ4n) is 1.88. The van der Waals surface area contributed by atoms with Crippen LogP contribution in [0.1, 0.15) is 11.1 Å². The van der Waals surface area contributed by atoms with Crippen LogP contribution in [-0.4, -0.2) is 10.2 Å². The first-order valence-electron chi connectivity index (χ1n) is 6.49. The van der Waals surface area contributed by atoms with Crippen LogP contribution in [0, 0.1) is 6.92 Å². The number of nitrogens with one attached hydrogen (secondary N) is 1. The van der Waals surface area contributed by atoms with Gasteiger partial charge in [0.25, 0.3) is 0 Å². The molecule has 100 valence electrons. The molecule has 0 bridgehead atoms. The molecule has 3 aromatic rings. The first-order chi connectivity index (χ1) is 9.81. The summed E-state index contributed by atoms with van der Waals surface area (Å²) in [5, 5.41) is 13.5. The van der Waals surface area contributed by atoms with E-state index in [2.05, 4.69) is 46.7 Å². The number of benzene rings is 2. The number of aryl methyl sites for hydroxylation is 1. The van der Waals surface area contributed by atoms with E-state index in [0.29, 0.717) is 0 Å². The number of rotatable bonds is 4. The van der Waals surface area contributed by atoms with Gasteiger partial charge in [0.15, 0.2) is 0 Å². The topological polar surface area (TPSA) is 37.8 Å². The zero-order valence-corrected chi connectivity index (χ0v) is 12.0. The first-order valence-corrected chi connectivity index (χ1v) is 7.31. The van der Waals surface area contributed by atoms with E-state index in [9.17, 15) is 0 Å². The molecule has 0 unspecified atom stereocenters. The van der Waals surface area contributed by atoms with Crippen LogP contribution in [0.5, 0.6) is 0 Å². The second-order valence-corrected chi connectivity index (χ2v) is 5.60. The molecule has 3 nitrogen and oxygen atoms in total. The third-order valence-electron chi connectivity index (χ3n) is 3.01. The van der Waals surface area contributed by atoms with Gasteiger partial charge in [0.2, 0.25) is 5.13 Å². The van der Waals surface area contributed by atoms with Gasteiger partial charge in [-0.2, -0.15) is 0 Å². The van der Waals surface area contributed by atoms with Crippen molar-refractivity contribution in [3.63, 3.8) is 0 Å². The van der Waals surface area contributed by atoms with E-state index in [0.717, 1.165) is 22.2 Å². The highest BCUT2D eigenvalue weighted by Crippen LogP contribution is 2.26. The summed E-state index contributed by atoms with van der Waals surface area (Å²) in [6, 6.07) is 18.6. The smallest absolute Gasteiger partial charge is 0.206 e. The van der Waals surface area contributed by atoms with Gasteiger partial charge >= 0.3 is 0 Å². The SMILES string of the molecule is Cc1ccc(CNc2nnc(-c3ccccc3)s2)cc1. The van der Waals surface area contributed by atoms with E-state index in [1.807, 2.05) is 30.3 Å². The molecule has 1 N–H and O–H groups in total. The van der Waals surface area contributed by atoms with Crippen LogP contribution in [-0.2, 0) is 6.54 Å². The van der Waals surface area contributed by atoms with Gasteiger partial charge in [-0.15, -0.1) is 10.2 Å². The van der Waals surface area contributed by atoms with E-state index in [1.54, 1.807) is 11.3 Å². The Balaban J connectivity index is 1.67. The molecule has 0 atom stereocenters. The van der Waals surface area contributed by atoms with E-state index in [4.69, 9.17) is 0 Å². The van der Waals surface area contributed by atoms with Crippen molar-refractivity contribution in [1.29, 1.82) is 0 Å². The molecule has 1 aromatic heterocycles. The standard InChI is InChI=1S/C16H15N3S/c1-12-7-9-13(10-8-12)11-17-16-19-18-15(20-16)14-5-3-2-4-6-14/h2-10H,11H2,1H3,(H,17,19). The highest BCUT2D eigenvalue weighted by molar-refractivity contribution is 7.18. The Bertz CT molecular complexity index is 674. The summed E-state index contributed by atoms with van der Waals surface area (Å²) >= 11 is 1.58. The van der Waals surface area contributed by atoms with Gasteiger partial charge in [-0.05, 0) is 12.5 Å². The predicted molar refractivity (Wildman–Crippen MR) is 83.9 cm³/mol. The average Bonchev–Trinajstić information content (AvgIpc) is 2.97. The number of aromatic nitrogens is 2. The summed E-state index contributed by atoms with van der Waals surface area (Å²) in [6.07, 6.45) is 0. The Hall–Kier alpha value is -2.20. The second kappa shape index (κ2) is 5.84. The molecule has 1 heterocycles. The zero-order valence-electron chi connectivity index (χ0n) is 11.2. The first kappa shape index (κ1) is 12.8. The largest absolute Gasteiger partial charge is 0.356 e. The second-order valence-electron chi connectivity index (χ2n) is 4.62. The van der Waals surface area contributed by atoms with Gasteiger partial charge < -0.3 is 5.32 Å². The summed E-state index contributed by atoms with van der Waals surface area (Å²) in [5.41, 5.74) is 3.62. The molecule has 0 aliphatic heterocycles. The molecular weight excluding hydrogens is 266 g/mol. The average molecular weight is 281 g/mol. The lowest BCUT2D eigenvalue weighted by Gasteiger charge is -2.02. The van der Waals surface area contributed by atoms with E-state index < -0.39 is 0 Å². The minimum Gasteiger partial charge on any atom is -0.356 e.